The Hall–Kier alpha value is -3.06. The van der Waals surface area contributed by atoms with Gasteiger partial charge in [-0.3, -0.25) is 4.79 Å². The van der Waals surface area contributed by atoms with Crippen molar-refractivity contribution in [1.29, 1.82) is 0 Å². The van der Waals surface area contributed by atoms with Crippen molar-refractivity contribution in [1.82, 2.24) is 19.3 Å². The number of nitrogens with one attached hydrogen (secondary N) is 1. The summed E-state index contributed by atoms with van der Waals surface area (Å²) >= 11 is 1.46. The number of nitrogens with zero attached hydrogens (tertiary/aromatic N) is 4. The van der Waals surface area contributed by atoms with Gasteiger partial charge >= 0.3 is 0 Å². The van der Waals surface area contributed by atoms with Crippen LogP contribution in [-0.2, 0) is 11.3 Å². The second-order valence-corrected chi connectivity index (χ2v) is 8.59. The molecule has 154 valence electrons. The first-order valence-corrected chi connectivity index (χ1v) is 11.0. The van der Waals surface area contributed by atoms with Crippen LogP contribution in [0.3, 0.4) is 0 Å². The second kappa shape index (κ2) is 8.75. The van der Waals surface area contributed by atoms with Gasteiger partial charge in [0.1, 0.15) is 5.82 Å². The van der Waals surface area contributed by atoms with Crippen LogP contribution in [-0.4, -0.2) is 31.0 Å². The molecule has 0 atom stereocenters. The first kappa shape index (κ1) is 20.2. The molecule has 4 rings (SSSR count). The molecule has 6 nitrogen and oxygen atoms in total. The Labute approximate surface area is 180 Å². The number of amides is 1. The molecule has 0 aliphatic carbocycles. The van der Waals surface area contributed by atoms with Crippen LogP contribution in [0, 0.1) is 12.8 Å². The van der Waals surface area contributed by atoms with Crippen molar-refractivity contribution in [3.63, 3.8) is 0 Å². The maximum atomic E-state index is 12.7. The number of hydrogen-bond acceptors (Lipinski definition) is 4. The van der Waals surface area contributed by atoms with E-state index in [1.807, 2.05) is 61.5 Å². The molecule has 0 aliphatic heterocycles. The van der Waals surface area contributed by atoms with Crippen molar-refractivity contribution >= 4 is 34.5 Å². The van der Waals surface area contributed by atoms with Crippen LogP contribution in [0.1, 0.15) is 19.5 Å². The summed E-state index contributed by atoms with van der Waals surface area (Å²) in [6.45, 7) is 7.15. The lowest BCUT2D eigenvalue weighted by Gasteiger charge is -2.12. The molecule has 2 aromatic carbocycles. The molecule has 7 heteroatoms. The number of benzene rings is 2. The minimum atomic E-state index is -0.0831. The molecular weight excluding hydrogens is 394 g/mol. The summed E-state index contributed by atoms with van der Waals surface area (Å²) in [5.41, 5.74) is 3.82. The maximum absolute atomic E-state index is 12.7. The van der Waals surface area contributed by atoms with E-state index in [1.165, 1.54) is 11.8 Å². The third-order valence-corrected chi connectivity index (χ3v) is 5.58. The Bertz CT molecular complexity index is 1160. The predicted octanol–water partition coefficient (Wildman–Crippen LogP) is 4.92. The highest BCUT2D eigenvalue weighted by atomic mass is 32.2. The van der Waals surface area contributed by atoms with Crippen molar-refractivity contribution in [2.24, 2.45) is 5.92 Å². The second-order valence-electron chi connectivity index (χ2n) is 7.64. The number of imidazole rings is 1. The molecule has 0 unspecified atom stereocenters. The van der Waals surface area contributed by atoms with E-state index in [0.29, 0.717) is 11.7 Å². The van der Waals surface area contributed by atoms with E-state index in [0.717, 1.165) is 34.1 Å². The maximum Gasteiger partial charge on any atom is 0.236 e. The normalized spacial score (nSPS) is 11.3. The highest BCUT2D eigenvalue weighted by molar-refractivity contribution is 7.99. The lowest BCUT2D eigenvalue weighted by Crippen LogP contribution is -2.17. The fourth-order valence-electron chi connectivity index (χ4n) is 3.37. The summed E-state index contributed by atoms with van der Waals surface area (Å²) in [5.74, 6) is 1.35. The number of thioether (sulfide) groups is 1. The summed E-state index contributed by atoms with van der Waals surface area (Å²) in [6, 6.07) is 19.8. The van der Waals surface area contributed by atoms with Crippen LogP contribution in [0.2, 0.25) is 0 Å². The first-order valence-electron chi connectivity index (χ1n) is 10.0. The van der Waals surface area contributed by atoms with Crippen LogP contribution in [0.15, 0.2) is 65.8 Å². The molecule has 1 N–H and O–H groups in total. The van der Waals surface area contributed by atoms with Gasteiger partial charge in [0, 0.05) is 12.6 Å². The Kier molecular flexibility index (Phi) is 5.90. The van der Waals surface area contributed by atoms with Gasteiger partial charge in [-0.05, 0) is 37.1 Å². The number of aromatic nitrogens is 4. The summed E-state index contributed by atoms with van der Waals surface area (Å²) in [7, 11) is 0. The monoisotopic (exact) mass is 419 g/mol. The lowest BCUT2D eigenvalue weighted by molar-refractivity contribution is -0.113. The number of carbonyl (C=O) groups excluding carboxylic acids is 1. The van der Waals surface area contributed by atoms with Crippen molar-refractivity contribution in [2.45, 2.75) is 32.5 Å². The smallest absolute Gasteiger partial charge is 0.236 e. The molecule has 0 bridgehead atoms. The molecule has 0 spiro atoms. The van der Waals surface area contributed by atoms with E-state index < -0.39 is 0 Å². The zero-order valence-corrected chi connectivity index (χ0v) is 18.2. The number of carbonyl (C=O) groups is 1. The van der Waals surface area contributed by atoms with Gasteiger partial charge in [0.05, 0.1) is 28.2 Å². The number of rotatable bonds is 7. The third kappa shape index (κ3) is 4.41. The molecule has 0 saturated heterocycles. The largest absolute Gasteiger partial charge is 0.319 e. The molecule has 1 amide bonds. The van der Waals surface area contributed by atoms with E-state index >= 15 is 0 Å². The Morgan fingerprint density at radius 3 is 2.60 bits per heavy atom. The Morgan fingerprint density at radius 1 is 1.10 bits per heavy atom. The van der Waals surface area contributed by atoms with Crippen LogP contribution >= 0.6 is 11.8 Å². The number of anilines is 1. The molecule has 0 fully saturated rings. The fourth-order valence-corrected chi connectivity index (χ4v) is 4.19. The van der Waals surface area contributed by atoms with Crippen molar-refractivity contribution in [2.75, 3.05) is 11.1 Å². The van der Waals surface area contributed by atoms with Crippen LogP contribution in [0.4, 0.5) is 5.82 Å². The van der Waals surface area contributed by atoms with Gasteiger partial charge in [-0.25, -0.2) is 9.67 Å². The number of aryl methyl sites for hydroxylation is 1. The number of fused-ring (bicyclic) bond motifs is 1. The highest BCUT2D eigenvalue weighted by Crippen LogP contribution is 2.25. The van der Waals surface area contributed by atoms with Gasteiger partial charge in [-0.2, -0.15) is 5.10 Å². The van der Waals surface area contributed by atoms with Crippen molar-refractivity contribution < 1.29 is 4.79 Å². The van der Waals surface area contributed by atoms with E-state index in [-0.39, 0.29) is 11.7 Å². The quantitative estimate of drug-likeness (QED) is 0.432. The standard InChI is InChI=1S/C23H25N5OS/c1-16(2)14-27-20-12-8-7-11-19(20)24-23(27)30-15-22(29)25-21-13-17(3)26-28(21)18-9-5-4-6-10-18/h4-13,16H,14-15H2,1-3H3,(H,25,29). The van der Waals surface area contributed by atoms with E-state index in [1.54, 1.807) is 4.68 Å². The first-order chi connectivity index (χ1) is 14.5. The van der Waals surface area contributed by atoms with Crippen LogP contribution in [0.5, 0.6) is 0 Å². The van der Waals surface area contributed by atoms with Crippen molar-refractivity contribution in [3.8, 4) is 5.69 Å². The molecule has 0 aliphatic rings. The molecule has 4 aromatic rings. The third-order valence-electron chi connectivity index (χ3n) is 4.60. The zero-order chi connectivity index (χ0) is 21.1. The van der Waals surface area contributed by atoms with Gasteiger partial charge in [-0.1, -0.05) is 55.9 Å². The number of para-hydroxylation sites is 3. The minimum Gasteiger partial charge on any atom is -0.319 e. The van der Waals surface area contributed by atoms with Crippen molar-refractivity contribution in [3.05, 3.63) is 66.4 Å². The zero-order valence-electron chi connectivity index (χ0n) is 17.4. The Balaban J connectivity index is 1.50. The Morgan fingerprint density at radius 2 is 1.83 bits per heavy atom. The van der Waals surface area contributed by atoms with E-state index in [2.05, 4.69) is 34.9 Å². The predicted molar refractivity (Wildman–Crippen MR) is 122 cm³/mol. The summed E-state index contributed by atoms with van der Waals surface area (Å²) in [6.07, 6.45) is 0. The average molecular weight is 420 g/mol. The SMILES string of the molecule is Cc1cc(NC(=O)CSc2nc3ccccc3n2CC(C)C)n(-c2ccccc2)n1. The van der Waals surface area contributed by atoms with Crippen LogP contribution in [0.25, 0.3) is 16.7 Å². The van der Waals surface area contributed by atoms with Crippen LogP contribution < -0.4 is 5.32 Å². The van der Waals surface area contributed by atoms with Gasteiger partial charge in [0.2, 0.25) is 5.91 Å². The van der Waals surface area contributed by atoms with E-state index in [9.17, 15) is 4.79 Å². The molecule has 0 saturated carbocycles. The molecular formula is C23H25N5OS. The molecule has 0 radical (unpaired) electrons. The molecule has 2 aromatic heterocycles. The minimum absolute atomic E-state index is 0.0831. The topological polar surface area (TPSA) is 64.7 Å². The van der Waals surface area contributed by atoms with Gasteiger partial charge in [-0.15, -0.1) is 0 Å². The van der Waals surface area contributed by atoms with E-state index in [4.69, 9.17) is 4.98 Å². The summed E-state index contributed by atoms with van der Waals surface area (Å²) in [4.78, 5) is 17.5. The lowest BCUT2D eigenvalue weighted by atomic mass is 10.2. The average Bonchev–Trinajstić information content (AvgIpc) is 3.27. The summed E-state index contributed by atoms with van der Waals surface area (Å²) < 4.78 is 3.96. The fraction of sp³-hybridized carbons (Fsp3) is 0.261. The highest BCUT2D eigenvalue weighted by Gasteiger charge is 2.15. The summed E-state index contributed by atoms with van der Waals surface area (Å²) in [5, 5.41) is 8.37. The van der Waals surface area contributed by atoms with Gasteiger partial charge in [0.25, 0.3) is 0 Å². The molecule has 30 heavy (non-hydrogen) atoms. The van der Waals surface area contributed by atoms with Gasteiger partial charge < -0.3 is 9.88 Å². The molecule has 2 heterocycles. The number of hydrogen-bond donors (Lipinski definition) is 1. The van der Waals surface area contributed by atoms with Gasteiger partial charge in [0.15, 0.2) is 5.16 Å².